The van der Waals surface area contributed by atoms with Gasteiger partial charge in [0.25, 0.3) is 0 Å². The molecule has 33 heavy (non-hydrogen) atoms. The Hall–Kier alpha value is -3.92. The molecule has 1 aliphatic rings. The molecule has 0 aliphatic heterocycles. The minimum absolute atomic E-state index is 0.163. The second-order valence-electron chi connectivity index (χ2n) is 8.57. The molecule has 3 aromatic carbocycles. The van der Waals surface area contributed by atoms with Gasteiger partial charge >= 0.3 is 0 Å². The molecule has 4 nitrogen and oxygen atoms in total. The first-order valence-electron chi connectivity index (χ1n) is 11.5. The van der Waals surface area contributed by atoms with E-state index >= 15 is 0 Å². The van der Waals surface area contributed by atoms with Gasteiger partial charge in [-0.3, -0.25) is 9.89 Å². The number of hydrogen-bond acceptors (Lipinski definition) is 2. The van der Waals surface area contributed by atoms with Gasteiger partial charge in [-0.25, -0.2) is 0 Å². The Morgan fingerprint density at radius 3 is 2.45 bits per heavy atom. The second kappa shape index (κ2) is 9.29. The van der Waals surface area contributed by atoms with Crippen LogP contribution in [0.3, 0.4) is 0 Å². The monoisotopic (exact) mass is 433 g/mol. The summed E-state index contributed by atoms with van der Waals surface area (Å²) >= 11 is 0. The van der Waals surface area contributed by atoms with Crippen molar-refractivity contribution >= 4 is 28.0 Å². The lowest BCUT2D eigenvalue weighted by Gasteiger charge is -2.31. The number of H-pyrrole nitrogens is 1. The third-order valence-electron chi connectivity index (χ3n) is 6.49. The fourth-order valence-corrected chi connectivity index (χ4v) is 4.53. The summed E-state index contributed by atoms with van der Waals surface area (Å²) in [6.45, 7) is 4.00. The molecule has 0 unspecified atom stereocenters. The van der Waals surface area contributed by atoms with Crippen molar-refractivity contribution in [2.24, 2.45) is 5.92 Å². The van der Waals surface area contributed by atoms with E-state index in [1.54, 1.807) is 0 Å². The number of allylic oxidation sites excluding steroid dienone is 1. The summed E-state index contributed by atoms with van der Waals surface area (Å²) in [6.07, 6.45) is 6.89. The van der Waals surface area contributed by atoms with Crippen LogP contribution in [-0.2, 0) is 11.3 Å². The first-order valence-corrected chi connectivity index (χ1v) is 11.5. The number of aromatic amines is 1. The van der Waals surface area contributed by atoms with Crippen molar-refractivity contribution in [2.75, 3.05) is 0 Å². The molecule has 164 valence electrons. The predicted molar refractivity (Wildman–Crippen MR) is 134 cm³/mol. The summed E-state index contributed by atoms with van der Waals surface area (Å²) in [5.74, 6) is 0.387. The third kappa shape index (κ3) is 4.37. The van der Waals surface area contributed by atoms with E-state index in [1.807, 2.05) is 6.20 Å². The van der Waals surface area contributed by atoms with E-state index in [0.717, 1.165) is 16.5 Å². The number of aromatic nitrogens is 2. The lowest BCUT2D eigenvalue weighted by Crippen LogP contribution is -2.19. The minimum Gasteiger partial charge on any atom is -0.348 e. The molecule has 1 amide bonds. The topological polar surface area (TPSA) is 57.8 Å². The Morgan fingerprint density at radius 2 is 1.76 bits per heavy atom. The van der Waals surface area contributed by atoms with Gasteiger partial charge in [-0.2, -0.15) is 5.10 Å². The molecular weight excluding hydrogens is 406 g/mol. The number of rotatable bonds is 7. The quantitative estimate of drug-likeness (QED) is 0.272. The average molecular weight is 434 g/mol. The predicted octanol–water partition coefficient (Wildman–Crippen LogP) is 6.12. The largest absolute Gasteiger partial charge is 0.348 e. The van der Waals surface area contributed by atoms with Crippen molar-refractivity contribution in [3.8, 4) is 0 Å². The third-order valence-corrected chi connectivity index (χ3v) is 6.49. The normalized spacial score (nSPS) is 14.4. The number of amides is 1. The Morgan fingerprint density at radius 1 is 1.00 bits per heavy atom. The minimum atomic E-state index is -0.163. The fraction of sp³-hybridized carbons (Fsp3) is 0.172. The van der Waals surface area contributed by atoms with Gasteiger partial charge in [0.15, 0.2) is 0 Å². The van der Waals surface area contributed by atoms with Crippen LogP contribution in [-0.4, -0.2) is 16.1 Å². The molecule has 0 spiro atoms. The zero-order chi connectivity index (χ0) is 22.6. The van der Waals surface area contributed by atoms with Gasteiger partial charge in [0, 0.05) is 11.9 Å². The molecule has 2 N–H and O–H groups in total. The van der Waals surface area contributed by atoms with Crippen molar-refractivity contribution in [1.82, 2.24) is 15.5 Å². The second-order valence-corrected chi connectivity index (χ2v) is 8.57. The van der Waals surface area contributed by atoms with Crippen LogP contribution < -0.4 is 5.32 Å². The summed E-state index contributed by atoms with van der Waals surface area (Å²) in [7, 11) is 0. The Bertz CT molecular complexity index is 1310. The summed E-state index contributed by atoms with van der Waals surface area (Å²) in [5.41, 5.74) is 8.45. The first-order chi connectivity index (χ1) is 16.2. The van der Waals surface area contributed by atoms with E-state index in [2.05, 4.69) is 94.9 Å². The SMILES string of the molecule is C=CC(=O)NCc1ccc(/C(=C(\c2ccccc2)C2CCC2)c2ccc3[nH]ncc3c2)cc1. The van der Waals surface area contributed by atoms with Crippen LogP contribution in [0, 0.1) is 5.92 Å². The lowest BCUT2D eigenvalue weighted by molar-refractivity contribution is -0.116. The number of carbonyl (C=O) groups excluding carboxylic acids is 1. The zero-order valence-corrected chi connectivity index (χ0v) is 18.6. The summed E-state index contributed by atoms with van der Waals surface area (Å²) in [4.78, 5) is 11.5. The van der Waals surface area contributed by atoms with Crippen molar-refractivity contribution in [3.05, 3.63) is 114 Å². The molecule has 4 heteroatoms. The highest BCUT2D eigenvalue weighted by Gasteiger charge is 2.27. The Kier molecular flexibility index (Phi) is 5.90. The maximum absolute atomic E-state index is 11.5. The molecule has 0 bridgehead atoms. The molecule has 4 aromatic rings. The van der Waals surface area contributed by atoms with Crippen molar-refractivity contribution in [1.29, 1.82) is 0 Å². The van der Waals surface area contributed by atoms with E-state index < -0.39 is 0 Å². The lowest BCUT2D eigenvalue weighted by atomic mass is 9.73. The summed E-state index contributed by atoms with van der Waals surface area (Å²) < 4.78 is 0. The molecule has 1 aliphatic carbocycles. The van der Waals surface area contributed by atoms with Gasteiger partial charge < -0.3 is 5.32 Å². The van der Waals surface area contributed by atoms with Gasteiger partial charge in [-0.15, -0.1) is 0 Å². The summed E-state index contributed by atoms with van der Waals surface area (Å²) in [6, 6.07) is 25.8. The number of hydrogen-bond donors (Lipinski definition) is 2. The number of nitrogens with zero attached hydrogens (tertiary/aromatic N) is 1. The van der Waals surface area contributed by atoms with Crippen LogP contribution in [0.25, 0.3) is 22.0 Å². The average Bonchev–Trinajstić information content (AvgIpc) is 3.30. The van der Waals surface area contributed by atoms with Crippen LogP contribution in [0.2, 0.25) is 0 Å². The van der Waals surface area contributed by atoms with Crippen molar-refractivity contribution in [3.63, 3.8) is 0 Å². The van der Waals surface area contributed by atoms with Crippen molar-refractivity contribution in [2.45, 2.75) is 25.8 Å². The van der Waals surface area contributed by atoms with Gasteiger partial charge in [0.2, 0.25) is 5.91 Å². The van der Waals surface area contributed by atoms with Crippen LogP contribution in [0.15, 0.2) is 91.6 Å². The van der Waals surface area contributed by atoms with Crippen LogP contribution in [0.1, 0.15) is 41.5 Å². The molecule has 0 saturated heterocycles. The van der Waals surface area contributed by atoms with E-state index in [1.165, 1.54) is 53.2 Å². The summed E-state index contributed by atoms with van der Waals surface area (Å²) in [5, 5.41) is 11.2. The Balaban J connectivity index is 1.64. The van der Waals surface area contributed by atoms with E-state index in [0.29, 0.717) is 12.5 Å². The van der Waals surface area contributed by atoms with Gasteiger partial charge in [-0.1, -0.05) is 73.7 Å². The molecule has 1 heterocycles. The van der Waals surface area contributed by atoms with Gasteiger partial charge in [0.1, 0.15) is 0 Å². The van der Waals surface area contributed by atoms with E-state index in [9.17, 15) is 4.79 Å². The molecule has 1 fully saturated rings. The van der Waals surface area contributed by atoms with Crippen LogP contribution in [0.4, 0.5) is 0 Å². The highest BCUT2D eigenvalue weighted by atomic mass is 16.1. The highest BCUT2D eigenvalue weighted by molar-refractivity contribution is 6.01. The number of fused-ring (bicyclic) bond motifs is 1. The van der Waals surface area contributed by atoms with E-state index in [4.69, 9.17) is 0 Å². The van der Waals surface area contributed by atoms with Crippen LogP contribution >= 0.6 is 0 Å². The number of benzene rings is 3. The van der Waals surface area contributed by atoms with Crippen molar-refractivity contribution < 1.29 is 4.79 Å². The smallest absolute Gasteiger partial charge is 0.243 e. The zero-order valence-electron chi connectivity index (χ0n) is 18.6. The van der Waals surface area contributed by atoms with Gasteiger partial charge in [0.05, 0.1) is 11.7 Å². The maximum Gasteiger partial charge on any atom is 0.243 e. The molecule has 0 radical (unpaired) electrons. The Labute approximate surface area is 194 Å². The molecule has 1 saturated carbocycles. The molecule has 5 rings (SSSR count). The number of carbonyl (C=O) groups is 1. The fourth-order valence-electron chi connectivity index (χ4n) is 4.53. The number of nitrogens with one attached hydrogen (secondary N) is 2. The van der Waals surface area contributed by atoms with Gasteiger partial charge in [-0.05, 0) is 70.4 Å². The standard InChI is InChI=1S/C29H27N3O/c1-2-27(33)30-18-20-11-13-23(14-12-20)29(24-15-16-26-25(17-24)19-31-32-26)28(22-9-6-10-22)21-7-4-3-5-8-21/h2-5,7-8,11-17,19,22H,1,6,9-10,18H2,(H,30,33)(H,31,32)/b29-28-. The van der Waals surface area contributed by atoms with E-state index in [-0.39, 0.29) is 5.91 Å². The maximum atomic E-state index is 11.5. The molecular formula is C29H27N3O. The molecule has 0 atom stereocenters. The molecule has 1 aromatic heterocycles. The van der Waals surface area contributed by atoms with Crippen LogP contribution in [0.5, 0.6) is 0 Å². The highest BCUT2D eigenvalue weighted by Crippen LogP contribution is 2.45. The first kappa shape index (κ1) is 21.0.